The minimum Gasteiger partial charge on any atom is -0.342 e. The van der Waals surface area contributed by atoms with Gasteiger partial charge in [0.15, 0.2) is 0 Å². The van der Waals surface area contributed by atoms with Crippen molar-refractivity contribution in [2.75, 3.05) is 13.1 Å². The number of rotatable bonds is 2. The standard InChI is InChI=1S/C18H25ClN2O/c1-18(2)11-21(17(22)14-7-8-16(14)20)10-9-15(18)12-3-5-13(19)6-4-12/h3-6,14-16H,7-11,20H2,1-2H3. The van der Waals surface area contributed by atoms with Gasteiger partial charge in [0.25, 0.3) is 0 Å². The molecule has 0 spiro atoms. The third kappa shape index (κ3) is 2.89. The molecule has 1 saturated carbocycles. The van der Waals surface area contributed by atoms with Gasteiger partial charge in [-0.25, -0.2) is 0 Å². The minimum atomic E-state index is 0.0582. The number of likely N-dealkylation sites (tertiary alicyclic amines) is 1. The molecule has 1 aliphatic carbocycles. The zero-order chi connectivity index (χ0) is 15.9. The van der Waals surface area contributed by atoms with Crippen LogP contribution in [0.25, 0.3) is 0 Å². The highest BCUT2D eigenvalue weighted by molar-refractivity contribution is 6.30. The van der Waals surface area contributed by atoms with Crippen LogP contribution in [-0.4, -0.2) is 29.9 Å². The lowest BCUT2D eigenvalue weighted by Crippen LogP contribution is -2.54. The van der Waals surface area contributed by atoms with Crippen LogP contribution < -0.4 is 5.73 Å². The van der Waals surface area contributed by atoms with Crippen molar-refractivity contribution in [2.45, 2.75) is 45.1 Å². The summed E-state index contributed by atoms with van der Waals surface area (Å²) in [5.41, 5.74) is 7.36. The van der Waals surface area contributed by atoms with E-state index >= 15 is 0 Å². The smallest absolute Gasteiger partial charge is 0.227 e. The molecule has 3 rings (SSSR count). The molecule has 2 N–H and O–H groups in total. The molecule has 1 amide bonds. The molecule has 2 aliphatic rings. The number of halogens is 1. The largest absolute Gasteiger partial charge is 0.342 e. The molecule has 2 fully saturated rings. The maximum absolute atomic E-state index is 12.6. The van der Waals surface area contributed by atoms with Gasteiger partial charge in [0.05, 0.1) is 5.92 Å². The summed E-state index contributed by atoms with van der Waals surface area (Å²) in [5.74, 6) is 0.785. The van der Waals surface area contributed by atoms with Crippen LogP contribution in [0.3, 0.4) is 0 Å². The van der Waals surface area contributed by atoms with Crippen LogP contribution in [0.1, 0.15) is 44.6 Å². The lowest BCUT2D eigenvalue weighted by molar-refractivity contribution is -0.142. The molecule has 120 valence electrons. The predicted molar refractivity (Wildman–Crippen MR) is 89.9 cm³/mol. The highest BCUT2D eigenvalue weighted by atomic mass is 35.5. The molecule has 1 aromatic carbocycles. The lowest BCUT2D eigenvalue weighted by Gasteiger charge is -2.47. The summed E-state index contributed by atoms with van der Waals surface area (Å²) in [6.45, 7) is 6.15. The van der Waals surface area contributed by atoms with E-state index in [4.69, 9.17) is 17.3 Å². The average Bonchev–Trinajstić information content (AvgIpc) is 2.46. The van der Waals surface area contributed by atoms with E-state index in [1.165, 1.54) is 5.56 Å². The van der Waals surface area contributed by atoms with E-state index in [1.54, 1.807) is 0 Å². The molecule has 1 aromatic rings. The Morgan fingerprint density at radius 2 is 1.91 bits per heavy atom. The van der Waals surface area contributed by atoms with Gasteiger partial charge < -0.3 is 10.6 Å². The van der Waals surface area contributed by atoms with E-state index in [9.17, 15) is 4.79 Å². The molecule has 0 aromatic heterocycles. The molecule has 3 unspecified atom stereocenters. The van der Waals surface area contributed by atoms with Gasteiger partial charge in [-0.15, -0.1) is 0 Å². The van der Waals surface area contributed by atoms with Gasteiger partial charge in [0.1, 0.15) is 0 Å². The zero-order valence-electron chi connectivity index (χ0n) is 13.4. The van der Waals surface area contributed by atoms with Gasteiger partial charge in [-0.2, -0.15) is 0 Å². The van der Waals surface area contributed by atoms with Crippen LogP contribution in [0, 0.1) is 11.3 Å². The maximum atomic E-state index is 12.6. The Morgan fingerprint density at radius 1 is 1.23 bits per heavy atom. The van der Waals surface area contributed by atoms with Gasteiger partial charge in [-0.3, -0.25) is 4.79 Å². The highest BCUT2D eigenvalue weighted by Crippen LogP contribution is 2.43. The van der Waals surface area contributed by atoms with Crippen molar-refractivity contribution in [3.05, 3.63) is 34.9 Å². The van der Waals surface area contributed by atoms with E-state index in [-0.39, 0.29) is 23.3 Å². The van der Waals surface area contributed by atoms with Crippen molar-refractivity contribution in [3.8, 4) is 0 Å². The number of nitrogens with two attached hydrogens (primary N) is 1. The summed E-state index contributed by atoms with van der Waals surface area (Å²) >= 11 is 5.99. The Kier molecular flexibility index (Phi) is 4.21. The fourth-order valence-electron chi connectivity index (χ4n) is 3.92. The molecular weight excluding hydrogens is 296 g/mol. The SMILES string of the molecule is CC1(C)CN(C(=O)C2CCC2N)CCC1c1ccc(Cl)cc1. The van der Waals surface area contributed by atoms with Gasteiger partial charge >= 0.3 is 0 Å². The van der Waals surface area contributed by atoms with E-state index in [1.807, 2.05) is 17.0 Å². The average molecular weight is 321 g/mol. The number of benzene rings is 1. The minimum absolute atomic E-state index is 0.0582. The molecule has 1 heterocycles. The van der Waals surface area contributed by atoms with Crippen LogP contribution in [-0.2, 0) is 4.79 Å². The second-order valence-electron chi connectivity index (χ2n) is 7.49. The Balaban J connectivity index is 1.71. The first-order valence-corrected chi connectivity index (χ1v) is 8.56. The van der Waals surface area contributed by atoms with Crippen molar-refractivity contribution in [2.24, 2.45) is 17.1 Å². The van der Waals surface area contributed by atoms with E-state index in [0.29, 0.717) is 5.92 Å². The van der Waals surface area contributed by atoms with Gasteiger partial charge in [0, 0.05) is 24.2 Å². The molecule has 3 nitrogen and oxygen atoms in total. The number of piperidine rings is 1. The third-order valence-corrected chi connectivity index (χ3v) is 5.71. The number of amides is 1. The predicted octanol–water partition coefficient (Wildman–Crippen LogP) is 3.42. The second-order valence-corrected chi connectivity index (χ2v) is 7.93. The van der Waals surface area contributed by atoms with E-state index in [0.717, 1.165) is 37.4 Å². The van der Waals surface area contributed by atoms with Crippen molar-refractivity contribution in [1.29, 1.82) is 0 Å². The summed E-state index contributed by atoms with van der Waals surface area (Å²) < 4.78 is 0. The number of carbonyl (C=O) groups excluding carboxylic acids is 1. The van der Waals surface area contributed by atoms with Crippen LogP contribution in [0.5, 0.6) is 0 Å². The highest BCUT2D eigenvalue weighted by Gasteiger charge is 2.42. The van der Waals surface area contributed by atoms with Gasteiger partial charge in [0.2, 0.25) is 5.91 Å². The summed E-state index contributed by atoms with van der Waals surface area (Å²) in [7, 11) is 0. The molecule has 1 aliphatic heterocycles. The molecule has 0 radical (unpaired) electrons. The molecule has 3 atom stereocenters. The molecular formula is C18H25ClN2O. The summed E-state index contributed by atoms with van der Waals surface area (Å²) in [6.07, 6.45) is 2.95. The van der Waals surface area contributed by atoms with Crippen molar-refractivity contribution >= 4 is 17.5 Å². The fourth-order valence-corrected chi connectivity index (χ4v) is 4.05. The van der Waals surface area contributed by atoms with Gasteiger partial charge in [-0.1, -0.05) is 37.6 Å². The van der Waals surface area contributed by atoms with Crippen LogP contribution in [0.2, 0.25) is 5.02 Å². The topological polar surface area (TPSA) is 46.3 Å². The van der Waals surface area contributed by atoms with Crippen molar-refractivity contribution in [3.63, 3.8) is 0 Å². The van der Waals surface area contributed by atoms with Crippen molar-refractivity contribution in [1.82, 2.24) is 4.90 Å². The first kappa shape index (κ1) is 15.8. The summed E-state index contributed by atoms with van der Waals surface area (Å²) in [4.78, 5) is 14.6. The monoisotopic (exact) mass is 320 g/mol. The Hall–Kier alpha value is -1.06. The maximum Gasteiger partial charge on any atom is 0.227 e. The van der Waals surface area contributed by atoms with Crippen LogP contribution in [0.4, 0.5) is 0 Å². The van der Waals surface area contributed by atoms with Crippen molar-refractivity contribution < 1.29 is 4.79 Å². The first-order chi connectivity index (χ1) is 10.4. The Morgan fingerprint density at radius 3 is 2.41 bits per heavy atom. The molecule has 4 heteroatoms. The number of carbonyl (C=O) groups is 1. The number of nitrogens with zero attached hydrogens (tertiary/aromatic N) is 1. The number of hydrogen-bond acceptors (Lipinski definition) is 2. The lowest BCUT2D eigenvalue weighted by atomic mass is 9.70. The second kappa shape index (κ2) is 5.86. The first-order valence-electron chi connectivity index (χ1n) is 8.18. The quantitative estimate of drug-likeness (QED) is 0.907. The summed E-state index contributed by atoms with van der Waals surface area (Å²) in [6, 6.07) is 8.22. The Bertz CT molecular complexity index is 555. The number of hydrogen-bond donors (Lipinski definition) is 1. The zero-order valence-corrected chi connectivity index (χ0v) is 14.1. The Labute approximate surface area is 137 Å². The molecule has 0 bridgehead atoms. The summed E-state index contributed by atoms with van der Waals surface area (Å²) in [5, 5.41) is 0.771. The fraction of sp³-hybridized carbons (Fsp3) is 0.611. The van der Waals surface area contributed by atoms with Gasteiger partial charge in [-0.05, 0) is 48.3 Å². The van der Waals surface area contributed by atoms with Crippen LogP contribution in [0.15, 0.2) is 24.3 Å². The molecule has 1 saturated heterocycles. The normalized spacial score (nSPS) is 30.7. The van der Waals surface area contributed by atoms with E-state index < -0.39 is 0 Å². The van der Waals surface area contributed by atoms with E-state index in [2.05, 4.69) is 26.0 Å². The van der Waals surface area contributed by atoms with Crippen LogP contribution >= 0.6 is 11.6 Å². The third-order valence-electron chi connectivity index (χ3n) is 5.46. The molecule has 22 heavy (non-hydrogen) atoms.